The highest BCUT2D eigenvalue weighted by Crippen LogP contribution is 2.15. The Labute approximate surface area is 110 Å². The zero-order valence-corrected chi connectivity index (χ0v) is 10.3. The summed E-state index contributed by atoms with van der Waals surface area (Å²) in [5, 5.41) is 3.39. The van der Waals surface area contributed by atoms with Gasteiger partial charge in [0.05, 0.1) is 17.4 Å². The van der Waals surface area contributed by atoms with Crippen molar-refractivity contribution in [1.82, 2.24) is 10.3 Å². The Morgan fingerprint density at radius 2 is 2.11 bits per heavy atom. The van der Waals surface area contributed by atoms with Crippen LogP contribution in [0.2, 0.25) is 5.02 Å². The summed E-state index contributed by atoms with van der Waals surface area (Å²) >= 11 is 6.00. The van der Waals surface area contributed by atoms with Crippen molar-refractivity contribution in [3.05, 3.63) is 58.9 Å². The highest BCUT2D eigenvalue weighted by atomic mass is 35.5. The maximum atomic E-state index is 11.9. The second kappa shape index (κ2) is 5.51. The number of anilines is 1. The SMILES string of the molecule is Nc1cnccc1C(=O)NCc1ccccc1Cl. The Morgan fingerprint density at radius 3 is 2.83 bits per heavy atom. The van der Waals surface area contributed by atoms with Gasteiger partial charge in [0.25, 0.3) is 5.91 Å². The van der Waals surface area contributed by atoms with Crippen LogP contribution in [0.15, 0.2) is 42.7 Å². The van der Waals surface area contributed by atoms with Crippen LogP contribution < -0.4 is 11.1 Å². The lowest BCUT2D eigenvalue weighted by Gasteiger charge is -2.08. The summed E-state index contributed by atoms with van der Waals surface area (Å²) in [5.41, 5.74) is 7.30. The van der Waals surface area contributed by atoms with Crippen molar-refractivity contribution in [3.63, 3.8) is 0 Å². The van der Waals surface area contributed by atoms with E-state index in [1.165, 1.54) is 12.4 Å². The summed E-state index contributed by atoms with van der Waals surface area (Å²) in [6.07, 6.45) is 2.98. The molecule has 0 bridgehead atoms. The quantitative estimate of drug-likeness (QED) is 0.890. The minimum atomic E-state index is -0.241. The molecule has 0 aliphatic rings. The van der Waals surface area contributed by atoms with Gasteiger partial charge in [-0.15, -0.1) is 0 Å². The Hall–Kier alpha value is -2.07. The van der Waals surface area contributed by atoms with Crippen molar-refractivity contribution in [3.8, 4) is 0 Å². The van der Waals surface area contributed by atoms with Crippen molar-refractivity contribution >= 4 is 23.2 Å². The molecule has 0 unspecified atom stereocenters. The van der Waals surface area contributed by atoms with E-state index in [1.807, 2.05) is 18.2 Å². The maximum absolute atomic E-state index is 11.9. The summed E-state index contributed by atoms with van der Waals surface area (Å²) in [5.74, 6) is -0.241. The largest absolute Gasteiger partial charge is 0.397 e. The van der Waals surface area contributed by atoms with E-state index in [-0.39, 0.29) is 5.91 Å². The fraction of sp³-hybridized carbons (Fsp3) is 0.0769. The fourth-order valence-electron chi connectivity index (χ4n) is 1.53. The average molecular weight is 262 g/mol. The number of halogens is 1. The highest BCUT2D eigenvalue weighted by Gasteiger charge is 2.09. The predicted molar refractivity (Wildman–Crippen MR) is 71.3 cm³/mol. The molecule has 3 N–H and O–H groups in total. The molecule has 1 heterocycles. The molecule has 92 valence electrons. The Bertz CT molecular complexity index is 572. The van der Waals surface area contributed by atoms with Gasteiger partial charge in [0.2, 0.25) is 0 Å². The van der Waals surface area contributed by atoms with Crippen molar-refractivity contribution in [2.24, 2.45) is 0 Å². The van der Waals surface area contributed by atoms with Crippen molar-refractivity contribution < 1.29 is 4.79 Å². The van der Waals surface area contributed by atoms with E-state index >= 15 is 0 Å². The van der Waals surface area contributed by atoms with Crippen LogP contribution in [0.25, 0.3) is 0 Å². The maximum Gasteiger partial charge on any atom is 0.253 e. The first-order valence-corrected chi connectivity index (χ1v) is 5.77. The number of hydrogen-bond donors (Lipinski definition) is 2. The third kappa shape index (κ3) is 2.78. The average Bonchev–Trinajstić information content (AvgIpc) is 2.38. The lowest BCUT2D eigenvalue weighted by molar-refractivity contribution is 0.0951. The summed E-state index contributed by atoms with van der Waals surface area (Å²) in [6.45, 7) is 0.361. The molecule has 0 saturated carbocycles. The number of pyridine rings is 1. The zero-order chi connectivity index (χ0) is 13.0. The number of nitrogen functional groups attached to an aromatic ring is 1. The van der Waals surface area contributed by atoms with Crippen LogP contribution in [0.5, 0.6) is 0 Å². The molecule has 4 nitrogen and oxygen atoms in total. The number of aromatic nitrogens is 1. The van der Waals surface area contributed by atoms with E-state index in [2.05, 4.69) is 10.3 Å². The van der Waals surface area contributed by atoms with Crippen molar-refractivity contribution in [2.45, 2.75) is 6.54 Å². The first-order valence-electron chi connectivity index (χ1n) is 5.39. The molecule has 0 aliphatic heterocycles. The Balaban J connectivity index is 2.06. The Kier molecular flexibility index (Phi) is 3.79. The van der Waals surface area contributed by atoms with E-state index in [0.29, 0.717) is 22.8 Å². The minimum Gasteiger partial charge on any atom is -0.397 e. The van der Waals surface area contributed by atoms with E-state index in [9.17, 15) is 4.79 Å². The number of rotatable bonds is 3. The zero-order valence-electron chi connectivity index (χ0n) is 9.56. The molecule has 1 amide bonds. The van der Waals surface area contributed by atoms with E-state index in [1.54, 1.807) is 12.1 Å². The van der Waals surface area contributed by atoms with E-state index in [4.69, 9.17) is 17.3 Å². The van der Waals surface area contributed by atoms with Gasteiger partial charge in [-0.25, -0.2) is 0 Å². The number of carbonyl (C=O) groups is 1. The monoisotopic (exact) mass is 261 g/mol. The predicted octanol–water partition coefficient (Wildman–Crippen LogP) is 2.25. The molecule has 2 aromatic rings. The molecule has 0 atom stereocenters. The summed E-state index contributed by atoms with van der Waals surface area (Å²) in [6, 6.07) is 8.93. The molecule has 0 spiro atoms. The fourth-order valence-corrected chi connectivity index (χ4v) is 1.73. The highest BCUT2D eigenvalue weighted by molar-refractivity contribution is 6.31. The molecule has 0 aliphatic carbocycles. The molecule has 0 fully saturated rings. The number of nitrogens with one attached hydrogen (secondary N) is 1. The van der Waals surface area contributed by atoms with Gasteiger partial charge in [-0.2, -0.15) is 0 Å². The van der Waals surface area contributed by atoms with E-state index in [0.717, 1.165) is 5.56 Å². The first kappa shape index (κ1) is 12.4. The first-order chi connectivity index (χ1) is 8.68. The molecule has 1 aromatic carbocycles. The molecule has 2 rings (SSSR count). The van der Waals surface area contributed by atoms with Crippen LogP contribution in [0.1, 0.15) is 15.9 Å². The van der Waals surface area contributed by atoms with Crippen LogP contribution >= 0.6 is 11.6 Å². The number of nitrogens with two attached hydrogens (primary N) is 1. The van der Waals surface area contributed by atoms with Crippen molar-refractivity contribution in [2.75, 3.05) is 5.73 Å². The van der Waals surface area contributed by atoms with E-state index < -0.39 is 0 Å². The normalized spacial score (nSPS) is 10.1. The van der Waals surface area contributed by atoms with Gasteiger partial charge in [0, 0.05) is 17.8 Å². The number of benzene rings is 1. The Morgan fingerprint density at radius 1 is 1.33 bits per heavy atom. The molecular formula is C13H12ClN3O. The van der Waals surface area contributed by atoms with Crippen LogP contribution in [-0.4, -0.2) is 10.9 Å². The second-order valence-electron chi connectivity index (χ2n) is 3.74. The molecular weight excluding hydrogens is 250 g/mol. The topological polar surface area (TPSA) is 68.0 Å². The van der Waals surface area contributed by atoms with Gasteiger partial charge < -0.3 is 11.1 Å². The lowest BCUT2D eigenvalue weighted by atomic mass is 10.2. The molecule has 18 heavy (non-hydrogen) atoms. The molecule has 0 radical (unpaired) electrons. The van der Waals surface area contributed by atoms with Gasteiger partial charge in [-0.3, -0.25) is 9.78 Å². The minimum absolute atomic E-state index is 0.241. The summed E-state index contributed by atoms with van der Waals surface area (Å²) < 4.78 is 0. The van der Waals surface area contributed by atoms with Crippen LogP contribution in [0.3, 0.4) is 0 Å². The van der Waals surface area contributed by atoms with Gasteiger partial charge in [-0.05, 0) is 17.7 Å². The van der Waals surface area contributed by atoms with Crippen LogP contribution in [0.4, 0.5) is 5.69 Å². The van der Waals surface area contributed by atoms with Crippen molar-refractivity contribution in [1.29, 1.82) is 0 Å². The molecule has 0 saturated heterocycles. The number of amides is 1. The second-order valence-corrected chi connectivity index (χ2v) is 4.14. The smallest absolute Gasteiger partial charge is 0.253 e. The summed E-state index contributed by atoms with van der Waals surface area (Å²) in [4.78, 5) is 15.7. The van der Waals surface area contributed by atoms with Gasteiger partial charge >= 0.3 is 0 Å². The summed E-state index contributed by atoms with van der Waals surface area (Å²) in [7, 11) is 0. The van der Waals surface area contributed by atoms with Crippen LogP contribution in [-0.2, 0) is 6.54 Å². The number of nitrogens with zero attached hydrogens (tertiary/aromatic N) is 1. The molecule has 5 heteroatoms. The standard InChI is InChI=1S/C13H12ClN3O/c14-11-4-2-1-3-9(11)7-17-13(18)10-5-6-16-8-12(10)15/h1-6,8H,7,15H2,(H,17,18). The number of carbonyl (C=O) groups excluding carboxylic acids is 1. The lowest BCUT2D eigenvalue weighted by Crippen LogP contribution is -2.24. The molecule has 1 aromatic heterocycles. The van der Waals surface area contributed by atoms with Gasteiger partial charge in [-0.1, -0.05) is 29.8 Å². The third-order valence-electron chi connectivity index (χ3n) is 2.49. The van der Waals surface area contributed by atoms with Gasteiger partial charge in [0.15, 0.2) is 0 Å². The number of hydrogen-bond acceptors (Lipinski definition) is 3. The van der Waals surface area contributed by atoms with Gasteiger partial charge in [0.1, 0.15) is 0 Å². The third-order valence-corrected chi connectivity index (χ3v) is 2.86. The van der Waals surface area contributed by atoms with Crippen LogP contribution in [0, 0.1) is 0 Å².